The largest absolute Gasteiger partial charge is 0.494 e. The van der Waals surface area contributed by atoms with E-state index in [4.69, 9.17) is 4.65 Å². The van der Waals surface area contributed by atoms with Crippen molar-refractivity contribution in [2.45, 2.75) is 38.9 Å². The van der Waals surface area contributed by atoms with Crippen LogP contribution in [0.15, 0.2) is 21.3 Å². The number of rotatable bonds is 4. The highest BCUT2D eigenvalue weighted by Crippen LogP contribution is 2.25. The summed E-state index contributed by atoms with van der Waals surface area (Å²) in [6.07, 6.45) is 0. The van der Waals surface area contributed by atoms with Crippen molar-refractivity contribution in [2.75, 3.05) is 0 Å². The van der Waals surface area contributed by atoms with Crippen molar-refractivity contribution >= 4 is 44.4 Å². The summed E-state index contributed by atoms with van der Waals surface area (Å²) in [7, 11) is -1.17. The predicted molar refractivity (Wildman–Crippen MR) is 78.7 cm³/mol. The van der Waals surface area contributed by atoms with Gasteiger partial charge in [0.25, 0.3) is 0 Å². The van der Waals surface area contributed by atoms with Crippen molar-refractivity contribution in [3.05, 3.63) is 21.3 Å². The van der Waals surface area contributed by atoms with E-state index < -0.39 is 18.3 Å². The maximum atomic E-state index is 10.1. The second-order valence-electron chi connectivity index (χ2n) is 5.05. The molecule has 0 saturated heterocycles. The quantitative estimate of drug-likeness (QED) is 0.618. The minimum atomic E-state index is -1.17. The predicted octanol–water partition coefficient (Wildman–Crippen LogP) is 1.86. The van der Waals surface area contributed by atoms with E-state index in [0.29, 0.717) is 14.7 Å². The first-order chi connectivity index (χ1) is 8.04. The highest BCUT2D eigenvalue weighted by molar-refractivity contribution is 9.11. The number of halogens is 2. The van der Waals surface area contributed by atoms with E-state index in [2.05, 4.69) is 36.8 Å². The molecule has 7 heteroatoms. The summed E-state index contributed by atoms with van der Waals surface area (Å²) in [5, 5.41) is 20.1. The number of pyridine rings is 1. The fourth-order valence-electron chi connectivity index (χ4n) is 1.09. The lowest BCUT2D eigenvalue weighted by Gasteiger charge is -2.38. The average Bonchev–Trinajstić information content (AvgIpc) is 2.14. The van der Waals surface area contributed by atoms with Gasteiger partial charge in [-0.25, -0.2) is 4.98 Å². The lowest BCUT2D eigenvalue weighted by Crippen LogP contribution is -2.53. The Morgan fingerprint density at radius 2 is 1.78 bits per heavy atom. The van der Waals surface area contributed by atoms with Crippen LogP contribution in [0.4, 0.5) is 0 Å². The Hall–Kier alpha value is 0.0549. The summed E-state index contributed by atoms with van der Waals surface area (Å²) in [4.78, 5) is 4.12. The number of hydrogen-bond donors (Lipinski definition) is 2. The first kappa shape index (κ1) is 16.1. The smallest absolute Gasteiger partial charge is 0.423 e. The number of aliphatic hydroxyl groups is 1. The van der Waals surface area contributed by atoms with Crippen molar-refractivity contribution in [3.63, 3.8) is 0 Å². The Morgan fingerprint density at radius 3 is 2.22 bits per heavy atom. The Kier molecular flexibility index (Phi) is 5.00. The first-order valence-electron chi connectivity index (χ1n) is 5.45. The minimum Gasteiger partial charge on any atom is -0.423 e. The zero-order valence-corrected chi connectivity index (χ0v) is 13.9. The maximum Gasteiger partial charge on any atom is 0.494 e. The molecular formula is C11H16BBr2NO3. The molecule has 0 aliphatic rings. The fraction of sp³-hybridized carbons (Fsp3) is 0.545. The van der Waals surface area contributed by atoms with Gasteiger partial charge in [0.15, 0.2) is 0 Å². The van der Waals surface area contributed by atoms with Gasteiger partial charge in [-0.3, -0.25) is 0 Å². The van der Waals surface area contributed by atoms with E-state index in [1.54, 1.807) is 39.8 Å². The van der Waals surface area contributed by atoms with E-state index in [1.807, 2.05) is 0 Å². The van der Waals surface area contributed by atoms with Crippen LogP contribution in [0.1, 0.15) is 27.7 Å². The van der Waals surface area contributed by atoms with Gasteiger partial charge in [0.1, 0.15) is 9.21 Å². The molecule has 0 atom stereocenters. The Labute approximate surface area is 124 Å². The Morgan fingerprint density at radius 1 is 1.22 bits per heavy atom. The summed E-state index contributed by atoms with van der Waals surface area (Å²) in [5.74, 6) is 0. The highest BCUT2D eigenvalue weighted by atomic mass is 79.9. The maximum absolute atomic E-state index is 10.1. The molecule has 4 nitrogen and oxygen atoms in total. The number of aromatic nitrogens is 1. The molecule has 100 valence electrons. The molecule has 1 aromatic heterocycles. The van der Waals surface area contributed by atoms with E-state index in [1.165, 1.54) is 0 Å². The molecule has 0 radical (unpaired) electrons. The third-order valence-electron chi connectivity index (χ3n) is 2.99. The first-order valence-corrected chi connectivity index (χ1v) is 7.03. The molecule has 0 bridgehead atoms. The van der Waals surface area contributed by atoms with E-state index in [-0.39, 0.29) is 0 Å². The molecule has 1 heterocycles. The lowest BCUT2D eigenvalue weighted by atomic mass is 9.77. The van der Waals surface area contributed by atoms with Crippen molar-refractivity contribution in [1.29, 1.82) is 0 Å². The molecule has 0 aliphatic carbocycles. The van der Waals surface area contributed by atoms with Gasteiger partial charge < -0.3 is 14.8 Å². The molecule has 2 N–H and O–H groups in total. The van der Waals surface area contributed by atoms with Crippen molar-refractivity contribution in [1.82, 2.24) is 4.98 Å². The van der Waals surface area contributed by atoms with Gasteiger partial charge >= 0.3 is 7.12 Å². The molecule has 0 spiro atoms. The molecular weight excluding hydrogens is 365 g/mol. The molecule has 0 unspecified atom stereocenters. The van der Waals surface area contributed by atoms with Crippen LogP contribution in [-0.2, 0) is 4.65 Å². The van der Waals surface area contributed by atoms with Crippen LogP contribution >= 0.6 is 31.9 Å². The summed E-state index contributed by atoms with van der Waals surface area (Å²) in [6, 6.07) is 3.41. The van der Waals surface area contributed by atoms with Crippen molar-refractivity contribution in [3.8, 4) is 0 Å². The van der Waals surface area contributed by atoms with Gasteiger partial charge in [-0.15, -0.1) is 0 Å². The van der Waals surface area contributed by atoms with Gasteiger partial charge in [-0.05, 0) is 65.6 Å². The van der Waals surface area contributed by atoms with Gasteiger partial charge in [0.2, 0.25) is 0 Å². The zero-order valence-electron chi connectivity index (χ0n) is 10.7. The standard InChI is InChI=1S/C11H16BBr2NO3/c1-10(2,16)11(3,4)18-12(17)7-5-6-8(13)15-9(7)14/h5-6,16-17H,1-4H3. The van der Waals surface area contributed by atoms with Crippen LogP contribution in [0, 0.1) is 0 Å². The van der Waals surface area contributed by atoms with Crippen LogP contribution in [0.25, 0.3) is 0 Å². The Bertz CT molecular complexity index is 435. The van der Waals surface area contributed by atoms with Gasteiger partial charge in [0, 0.05) is 5.46 Å². The lowest BCUT2D eigenvalue weighted by molar-refractivity contribution is -0.0982. The minimum absolute atomic E-state index is 0.496. The van der Waals surface area contributed by atoms with Crippen LogP contribution in [0.3, 0.4) is 0 Å². The highest BCUT2D eigenvalue weighted by Gasteiger charge is 2.40. The van der Waals surface area contributed by atoms with Crippen LogP contribution in [0.5, 0.6) is 0 Å². The SMILES string of the molecule is CC(C)(O)C(C)(C)OB(O)c1ccc(Br)nc1Br. The summed E-state index contributed by atoms with van der Waals surface area (Å²) in [6.45, 7) is 6.70. The third kappa shape index (κ3) is 3.77. The summed E-state index contributed by atoms with van der Waals surface area (Å²) in [5.41, 5.74) is -1.47. The van der Waals surface area contributed by atoms with Gasteiger partial charge in [-0.2, -0.15) is 0 Å². The molecule has 1 aromatic rings. The summed E-state index contributed by atoms with van der Waals surface area (Å²) < 4.78 is 6.68. The van der Waals surface area contributed by atoms with Crippen molar-refractivity contribution < 1.29 is 14.8 Å². The van der Waals surface area contributed by atoms with Crippen LogP contribution < -0.4 is 5.46 Å². The Balaban J connectivity index is 2.92. The molecule has 0 fully saturated rings. The second-order valence-corrected chi connectivity index (χ2v) is 6.62. The average molecular weight is 381 g/mol. The fourth-order valence-corrected chi connectivity index (χ4v) is 2.16. The van der Waals surface area contributed by atoms with Crippen molar-refractivity contribution in [2.24, 2.45) is 0 Å². The molecule has 0 aliphatic heterocycles. The monoisotopic (exact) mass is 379 g/mol. The van der Waals surface area contributed by atoms with Gasteiger partial charge in [0.05, 0.1) is 11.2 Å². The summed E-state index contributed by atoms with van der Waals surface area (Å²) >= 11 is 6.50. The van der Waals surface area contributed by atoms with Gasteiger partial charge in [-0.1, -0.05) is 6.07 Å². The van der Waals surface area contributed by atoms with Crippen LogP contribution in [-0.4, -0.2) is 33.4 Å². The molecule has 0 saturated carbocycles. The third-order valence-corrected chi connectivity index (χ3v) is 4.07. The molecule has 18 heavy (non-hydrogen) atoms. The topological polar surface area (TPSA) is 62.6 Å². The number of hydrogen-bond acceptors (Lipinski definition) is 4. The van der Waals surface area contributed by atoms with E-state index >= 15 is 0 Å². The molecule has 1 rings (SSSR count). The molecule has 0 aromatic carbocycles. The molecule has 0 amide bonds. The number of nitrogens with zero attached hydrogens (tertiary/aromatic N) is 1. The van der Waals surface area contributed by atoms with E-state index in [9.17, 15) is 10.1 Å². The zero-order chi connectivity index (χ0) is 14.1. The van der Waals surface area contributed by atoms with E-state index in [0.717, 1.165) is 0 Å². The van der Waals surface area contributed by atoms with Crippen LogP contribution in [0.2, 0.25) is 0 Å². The normalized spacial score (nSPS) is 12.7. The second kappa shape index (κ2) is 5.59.